The van der Waals surface area contributed by atoms with Gasteiger partial charge in [0.1, 0.15) is 6.30 Å². The van der Waals surface area contributed by atoms with Gasteiger partial charge in [-0.15, -0.1) is 0 Å². The van der Waals surface area contributed by atoms with Crippen LogP contribution in [0.3, 0.4) is 0 Å². The molecule has 1 unspecified atom stereocenters. The van der Waals surface area contributed by atoms with E-state index in [9.17, 15) is 22.1 Å². The Kier molecular flexibility index (Phi) is 3.45. The lowest BCUT2D eigenvalue weighted by molar-refractivity contribution is -0.115. The third-order valence-electron chi connectivity index (χ3n) is 2.02. The topological polar surface area (TPSA) is 9.23 Å². The van der Waals surface area contributed by atoms with Gasteiger partial charge in [-0.3, -0.25) is 4.39 Å². The Labute approximate surface area is 83.5 Å². The fourth-order valence-corrected chi connectivity index (χ4v) is 2.71. The molecule has 0 spiro atoms. The van der Waals surface area contributed by atoms with Gasteiger partial charge in [-0.25, -0.2) is 4.63 Å². The molecule has 0 fully saturated rings. The normalized spacial score (nSPS) is 16.1. The average molecular weight is 242 g/mol. The van der Waals surface area contributed by atoms with Crippen LogP contribution in [-0.4, -0.2) is 20.4 Å². The van der Waals surface area contributed by atoms with Crippen LogP contribution in [0.2, 0.25) is 0 Å². The lowest BCUT2D eigenvalue weighted by Crippen LogP contribution is -2.63. The van der Waals surface area contributed by atoms with Crippen LogP contribution in [0.5, 0.6) is 0 Å². The first-order valence-corrected chi connectivity index (χ1v) is 6.07. The third kappa shape index (κ3) is 2.02. The molecule has 1 rings (SSSR count). The minimum atomic E-state index is -5.15. The molecule has 1 nitrogen and oxygen atoms in total. The second kappa shape index (κ2) is 4.27. The highest BCUT2D eigenvalue weighted by Crippen LogP contribution is 2.30. The van der Waals surface area contributed by atoms with Crippen molar-refractivity contribution in [1.82, 2.24) is 0 Å². The molecule has 0 aromatic heterocycles. The SMILES string of the molecule is FC[Si](OF)(c1ccccc1)C(F)(F)F. The van der Waals surface area contributed by atoms with Gasteiger partial charge in [0.15, 0.2) is 0 Å². The predicted octanol–water partition coefficient (Wildman–Crippen LogP) is 2.35. The summed E-state index contributed by atoms with van der Waals surface area (Å²) in [4.78, 5) is 0. The van der Waals surface area contributed by atoms with E-state index in [1.165, 1.54) is 18.2 Å². The lowest BCUT2D eigenvalue weighted by Gasteiger charge is -2.25. The van der Waals surface area contributed by atoms with Gasteiger partial charge >= 0.3 is 14.1 Å². The summed E-state index contributed by atoms with van der Waals surface area (Å²) in [6, 6.07) is 6.03. The number of hydrogen-bond acceptors (Lipinski definition) is 1. The van der Waals surface area contributed by atoms with Crippen LogP contribution in [0.4, 0.5) is 22.1 Å². The Morgan fingerprint density at radius 2 is 1.67 bits per heavy atom. The molecular formula is C8H7F5OSi. The summed E-state index contributed by atoms with van der Waals surface area (Å²) in [6.07, 6.45) is -1.88. The van der Waals surface area contributed by atoms with E-state index in [0.29, 0.717) is 0 Å². The molecule has 84 valence electrons. The van der Waals surface area contributed by atoms with Crippen LogP contribution >= 0.6 is 0 Å². The van der Waals surface area contributed by atoms with Crippen LogP contribution in [0.15, 0.2) is 30.3 Å². The molecule has 0 bridgehead atoms. The first-order valence-electron chi connectivity index (χ1n) is 3.96. The van der Waals surface area contributed by atoms with Crippen molar-refractivity contribution in [1.29, 1.82) is 0 Å². The Morgan fingerprint density at radius 3 is 2.00 bits per heavy atom. The molecule has 0 aliphatic carbocycles. The molecule has 7 heteroatoms. The molecule has 0 aliphatic heterocycles. The van der Waals surface area contributed by atoms with Crippen molar-refractivity contribution in [2.75, 3.05) is 6.30 Å². The largest absolute Gasteiger partial charge is 0.424 e. The molecule has 0 N–H and O–H groups in total. The second-order valence-electron chi connectivity index (χ2n) is 2.90. The van der Waals surface area contributed by atoms with E-state index in [-0.39, 0.29) is 0 Å². The van der Waals surface area contributed by atoms with Gasteiger partial charge in [-0.1, -0.05) is 34.9 Å². The number of benzene rings is 1. The molecular weight excluding hydrogens is 235 g/mol. The van der Waals surface area contributed by atoms with Crippen molar-refractivity contribution in [2.45, 2.75) is 5.80 Å². The van der Waals surface area contributed by atoms with Gasteiger partial charge in [0.05, 0.1) is 0 Å². The summed E-state index contributed by atoms with van der Waals surface area (Å²) in [6.45, 7) is 0. The van der Waals surface area contributed by atoms with E-state index in [0.717, 1.165) is 12.1 Å². The van der Waals surface area contributed by atoms with E-state index in [1.807, 2.05) is 0 Å². The number of alkyl halides is 4. The molecule has 0 saturated heterocycles. The quantitative estimate of drug-likeness (QED) is 0.584. The molecule has 15 heavy (non-hydrogen) atoms. The standard InChI is InChI=1S/C8H7F5OSi/c9-6-15(14-13,8(10,11)12)7-4-2-1-3-5-7/h1-5H,6H2. The zero-order valence-corrected chi connectivity index (χ0v) is 8.39. The zero-order valence-electron chi connectivity index (χ0n) is 7.39. The second-order valence-corrected chi connectivity index (χ2v) is 6.12. The van der Waals surface area contributed by atoms with Crippen LogP contribution in [0, 0.1) is 0 Å². The van der Waals surface area contributed by atoms with Crippen LogP contribution < -0.4 is 5.19 Å². The maximum atomic E-state index is 12.5. The van der Waals surface area contributed by atoms with Crippen molar-refractivity contribution in [3.05, 3.63) is 30.3 Å². The Morgan fingerprint density at radius 1 is 1.13 bits per heavy atom. The molecule has 0 saturated carbocycles. The summed E-state index contributed by atoms with van der Waals surface area (Å²) in [5, 5.41) is -0.470. The lowest BCUT2D eigenvalue weighted by atomic mass is 10.4. The molecule has 0 heterocycles. The first-order chi connectivity index (χ1) is 6.98. The Hall–Kier alpha value is -0.953. The van der Waals surface area contributed by atoms with Gasteiger partial charge in [0.2, 0.25) is 0 Å². The monoisotopic (exact) mass is 242 g/mol. The predicted molar refractivity (Wildman–Crippen MR) is 46.1 cm³/mol. The number of halogens is 5. The van der Waals surface area contributed by atoms with Crippen molar-refractivity contribution in [3.8, 4) is 0 Å². The maximum Gasteiger partial charge on any atom is 0.424 e. The highest BCUT2D eigenvalue weighted by Gasteiger charge is 2.64. The molecule has 0 radical (unpaired) electrons. The highest BCUT2D eigenvalue weighted by atomic mass is 28.4. The fraction of sp³-hybridized carbons (Fsp3) is 0.250. The van der Waals surface area contributed by atoms with Crippen molar-refractivity contribution >= 4 is 13.5 Å². The van der Waals surface area contributed by atoms with E-state index in [1.54, 1.807) is 0 Å². The van der Waals surface area contributed by atoms with Crippen molar-refractivity contribution in [2.24, 2.45) is 0 Å². The minimum Gasteiger partial charge on any atom is -0.251 e. The third-order valence-corrected chi connectivity index (χ3v) is 4.84. The highest BCUT2D eigenvalue weighted by molar-refractivity contribution is 6.88. The summed E-state index contributed by atoms with van der Waals surface area (Å²) >= 11 is 0. The molecule has 1 atom stereocenters. The van der Waals surface area contributed by atoms with Gasteiger partial charge < -0.3 is 0 Å². The molecule has 0 amide bonds. The Balaban J connectivity index is 3.24. The smallest absolute Gasteiger partial charge is 0.251 e. The Bertz CT molecular complexity index is 309. The van der Waals surface area contributed by atoms with Crippen LogP contribution in [0.1, 0.15) is 0 Å². The number of hydrogen-bond donors (Lipinski definition) is 0. The van der Waals surface area contributed by atoms with E-state index >= 15 is 0 Å². The van der Waals surface area contributed by atoms with Crippen LogP contribution in [0.25, 0.3) is 0 Å². The van der Waals surface area contributed by atoms with E-state index in [4.69, 9.17) is 0 Å². The van der Waals surface area contributed by atoms with E-state index < -0.39 is 25.6 Å². The summed E-state index contributed by atoms with van der Waals surface area (Å²) in [5.41, 5.74) is 0. The average Bonchev–Trinajstić information content (AvgIpc) is 2.20. The summed E-state index contributed by atoms with van der Waals surface area (Å²) in [7, 11) is -5.15. The first kappa shape index (κ1) is 12.1. The molecule has 1 aromatic carbocycles. The minimum absolute atomic E-state index is 0.470. The molecule has 1 aromatic rings. The fourth-order valence-electron chi connectivity index (χ4n) is 1.13. The summed E-state index contributed by atoms with van der Waals surface area (Å²) in [5.74, 6) is -5.02. The van der Waals surface area contributed by atoms with Gasteiger partial charge in [-0.05, 0) is 5.19 Å². The molecule has 0 aliphatic rings. The number of rotatable bonds is 3. The maximum absolute atomic E-state index is 12.5. The summed E-state index contributed by atoms with van der Waals surface area (Å²) < 4.78 is 65.1. The van der Waals surface area contributed by atoms with Crippen LogP contribution in [-0.2, 0) is 4.63 Å². The van der Waals surface area contributed by atoms with Gasteiger partial charge in [-0.2, -0.15) is 13.2 Å². The van der Waals surface area contributed by atoms with Crippen molar-refractivity contribution < 1.29 is 26.7 Å². The van der Waals surface area contributed by atoms with Crippen molar-refractivity contribution in [3.63, 3.8) is 0 Å². The van der Waals surface area contributed by atoms with Gasteiger partial charge in [0.25, 0.3) is 0 Å². The zero-order chi connectivity index (χ0) is 11.5. The van der Waals surface area contributed by atoms with Gasteiger partial charge in [0, 0.05) is 0 Å². The van der Waals surface area contributed by atoms with E-state index in [2.05, 4.69) is 4.63 Å².